The number of carbonyl (C=O) groups is 2. The van der Waals surface area contributed by atoms with Crippen LogP contribution in [0.5, 0.6) is 0 Å². The van der Waals surface area contributed by atoms with Crippen molar-refractivity contribution in [2.24, 2.45) is 11.3 Å². The van der Waals surface area contributed by atoms with E-state index in [1.807, 2.05) is 62.9 Å². The second kappa shape index (κ2) is 5.91. The van der Waals surface area contributed by atoms with Crippen LogP contribution in [0.2, 0.25) is 0 Å². The minimum atomic E-state index is -0.659. The highest BCUT2D eigenvalue weighted by atomic mass is 16.6. The van der Waals surface area contributed by atoms with Gasteiger partial charge in [-0.05, 0) is 46.1 Å². The summed E-state index contributed by atoms with van der Waals surface area (Å²) in [5.41, 5.74) is -0.0846. The SMILES string of the molecule is C[C@H](c1ccccc1)N1C[C@]2(C(=O)OC(C)(C)C)CCC[C@@H]2C1=O. The zero-order valence-corrected chi connectivity index (χ0v) is 15.0. The summed E-state index contributed by atoms with van der Waals surface area (Å²) in [7, 11) is 0. The van der Waals surface area contributed by atoms with Gasteiger partial charge in [0, 0.05) is 6.54 Å². The molecule has 4 nitrogen and oxygen atoms in total. The Hall–Kier alpha value is -1.84. The minimum Gasteiger partial charge on any atom is -0.459 e. The molecule has 1 aromatic rings. The molecule has 3 rings (SSSR count). The van der Waals surface area contributed by atoms with Gasteiger partial charge in [0.25, 0.3) is 0 Å². The Morgan fingerprint density at radius 1 is 1.29 bits per heavy atom. The van der Waals surface area contributed by atoms with Gasteiger partial charge in [-0.25, -0.2) is 0 Å². The third-order valence-electron chi connectivity index (χ3n) is 5.37. The number of likely N-dealkylation sites (tertiary alicyclic amines) is 1. The second-order valence-electron chi connectivity index (χ2n) is 8.16. The normalized spacial score (nSPS) is 27.9. The van der Waals surface area contributed by atoms with Crippen molar-refractivity contribution in [2.45, 2.75) is 58.6 Å². The molecule has 1 aromatic carbocycles. The van der Waals surface area contributed by atoms with Crippen molar-refractivity contribution in [3.05, 3.63) is 35.9 Å². The molecule has 0 spiro atoms. The molecule has 0 radical (unpaired) electrons. The van der Waals surface area contributed by atoms with E-state index in [2.05, 4.69) is 0 Å². The molecule has 0 bridgehead atoms. The van der Waals surface area contributed by atoms with E-state index >= 15 is 0 Å². The second-order valence-corrected chi connectivity index (χ2v) is 8.16. The predicted molar refractivity (Wildman–Crippen MR) is 92.2 cm³/mol. The fourth-order valence-electron chi connectivity index (χ4n) is 4.13. The highest BCUT2D eigenvalue weighted by Gasteiger charge is 2.61. The molecule has 0 aromatic heterocycles. The molecule has 1 aliphatic carbocycles. The first-order valence-corrected chi connectivity index (χ1v) is 8.83. The van der Waals surface area contributed by atoms with Gasteiger partial charge in [0.2, 0.25) is 5.91 Å². The lowest BCUT2D eigenvalue weighted by atomic mass is 9.80. The molecule has 3 atom stereocenters. The molecule has 1 saturated heterocycles. The van der Waals surface area contributed by atoms with Crippen molar-refractivity contribution >= 4 is 11.9 Å². The van der Waals surface area contributed by atoms with Crippen molar-refractivity contribution < 1.29 is 14.3 Å². The van der Waals surface area contributed by atoms with Gasteiger partial charge in [0.05, 0.1) is 17.4 Å². The van der Waals surface area contributed by atoms with E-state index < -0.39 is 11.0 Å². The number of esters is 1. The zero-order chi connectivity index (χ0) is 17.5. The van der Waals surface area contributed by atoms with Crippen LogP contribution in [0.25, 0.3) is 0 Å². The molecule has 1 amide bonds. The van der Waals surface area contributed by atoms with Crippen LogP contribution in [-0.4, -0.2) is 28.9 Å². The molecular weight excluding hydrogens is 302 g/mol. The van der Waals surface area contributed by atoms with Crippen LogP contribution < -0.4 is 0 Å². The van der Waals surface area contributed by atoms with Crippen molar-refractivity contribution in [2.75, 3.05) is 6.54 Å². The van der Waals surface area contributed by atoms with E-state index in [9.17, 15) is 9.59 Å². The molecule has 130 valence electrons. The first-order chi connectivity index (χ1) is 11.2. The van der Waals surface area contributed by atoms with Crippen LogP contribution in [0.15, 0.2) is 30.3 Å². The summed E-state index contributed by atoms with van der Waals surface area (Å²) >= 11 is 0. The molecular formula is C20H27NO3. The number of hydrogen-bond donors (Lipinski definition) is 0. The van der Waals surface area contributed by atoms with Gasteiger partial charge in [-0.2, -0.15) is 0 Å². The summed E-state index contributed by atoms with van der Waals surface area (Å²) < 4.78 is 5.69. The average molecular weight is 329 g/mol. The minimum absolute atomic E-state index is 0.0244. The van der Waals surface area contributed by atoms with Crippen LogP contribution in [0.3, 0.4) is 0 Å². The summed E-state index contributed by atoms with van der Waals surface area (Å²) in [5, 5.41) is 0. The van der Waals surface area contributed by atoms with Crippen molar-refractivity contribution in [3.63, 3.8) is 0 Å². The number of carbonyl (C=O) groups excluding carboxylic acids is 2. The third-order valence-corrected chi connectivity index (χ3v) is 5.37. The summed E-state index contributed by atoms with van der Waals surface area (Å²) in [4.78, 5) is 27.8. The summed E-state index contributed by atoms with van der Waals surface area (Å²) in [6, 6.07) is 9.98. The largest absolute Gasteiger partial charge is 0.459 e. The van der Waals surface area contributed by atoms with E-state index in [-0.39, 0.29) is 23.8 Å². The van der Waals surface area contributed by atoms with Crippen LogP contribution in [0, 0.1) is 11.3 Å². The number of ether oxygens (including phenoxy) is 1. The summed E-state index contributed by atoms with van der Waals surface area (Å²) in [5.74, 6) is -0.318. The first kappa shape index (κ1) is 17.0. The molecule has 0 N–H and O–H groups in total. The van der Waals surface area contributed by atoms with Gasteiger partial charge < -0.3 is 9.64 Å². The first-order valence-electron chi connectivity index (χ1n) is 8.83. The fourth-order valence-corrected chi connectivity index (χ4v) is 4.13. The zero-order valence-electron chi connectivity index (χ0n) is 15.0. The number of rotatable bonds is 3. The van der Waals surface area contributed by atoms with Gasteiger partial charge >= 0.3 is 5.97 Å². The van der Waals surface area contributed by atoms with E-state index in [1.165, 1.54) is 0 Å². The Morgan fingerprint density at radius 2 is 1.96 bits per heavy atom. The number of fused-ring (bicyclic) bond motifs is 1. The summed E-state index contributed by atoms with van der Waals surface area (Å²) in [6.45, 7) is 8.16. The quantitative estimate of drug-likeness (QED) is 0.794. The standard InChI is InChI=1S/C20H27NO3/c1-14(15-9-6-5-7-10-15)21-13-20(18(23)24-19(2,3)4)12-8-11-16(20)17(21)22/h5-7,9-10,14,16H,8,11-13H2,1-4H3/t14-,16-,20-/m1/s1. The van der Waals surface area contributed by atoms with Gasteiger partial charge in [0.1, 0.15) is 5.60 Å². The molecule has 0 unspecified atom stereocenters. The predicted octanol–water partition coefficient (Wildman–Crippen LogP) is 3.72. The summed E-state index contributed by atoms with van der Waals surface area (Å²) in [6.07, 6.45) is 2.45. The van der Waals surface area contributed by atoms with E-state index in [4.69, 9.17) is 4.74 Å². The smallest absolute Gasteiger partial charge is 0.315 e. The van der Waals surface area contributed by atoms with E-state index in [0.29, 0.717) is 6.54 Å². The average Bonchev–Trinajstić information content (AvgIpc) is 3.06. The number of nitrogens with zero attached hydrogens (tertiary/aromatic N) is 1. The molecule has 4 heteroatoms. The lowest BCUT2D eigenvalue weighted by Gasteiger charge is -2.31. The molecule has 1 aliphatic heterocycles. The van der Waals surface area contributed by atoms with Crippen molar-refractivity contribution in [1.82, 2.24) is 4.90 Å². The highest BCUT2D eigenvalue weighted by Crippen LogP contribution is 2.52. The Morgan fingerprint density at radius 3 is 2.58 bits per heavy atom. The van der Waals surface area contributed by atoms with Crippen molar-refractivity contribution in [1.29, 1.82) is 0 Å². The van der Waals surface area contributed by atoms with Crippen LogP contribution in [0.1, 0.15) is 58.6 Å². The molecule has 2 aliphatic rings. The maximum Gasteiger partial charge on any atom is 0.315 e. The molecule has 1 saturated carbocycles. The molecule has 24 heavy (non-hydrogen) atoms. The topological polar surface area (TPSA) is 46.6 Å². The lowest BCUT2D eigenvalue weighted by molar-refractivity contribution is -0.168. The lowest BCUT2D eigenvalue weighted by Crippen LogP contribution is -2.41. The van der Waals surface area contributed by atoms with Gasteiger partial charge in [-0.15, -0.1) is 0 Å². The highest BCUT2D eigenvalue weighted by molar-refractivity contribution is 5.93. The third kappa shape index (κ3) is 2.83. The maximum absolute atomic E-state index is 13.0. The number of amides is 1. The van der Waals surface area contributed by atoms with Gasteiger partial charge in [-0.1, -0.05) is 36.8 Å². The van der Waals surface area contributed by atoms with Crippen LogP contribution in [-0.2, 0) is 14.3 Å². The number of benzene rings is 1. The van der Waals surface area contributed by atoms with E-state index in [1.54, 1.807) is 0 Å². The fraction of sp³-hybridized carbons (Fsp3) is 0.600. The van der Waals surface area contributed by atoms with Crippen molar-refractivity contribution in [3.8, 4) is 0 Å². The van der Waals surface area contributed by atoms with E-state index in [0.717, 1.165) is 24.8 Å². The number of hydrogen-bond acceptors (Lipinski definition) is 3. The molecule has 2 fully saturated rings. The van der Waals surface area contributed by atoms with Gasteiger partial charge in [0.15, 0.2) is 0 Å². The Kier molecular flexibility index (Phi) is 4.18. The Balaban J connectivity index is 1.87. The van der Waals surface area contributed by atoms with Crippen LogP contribution in [0.4, 0.5) is 0 Å². The Labute approximate surface area is 144 Å². The monoisotopic (exact) mass is 329 g/mol. The molecule has 1 heterocycles. The van der Waals surface area contributed by atoms with Crippen LogP contribution >= 0.6 is 0 Å². The Bertz CT molecular complexity index is 634. The van der Waals surface area contributed by atoms with Gasteiger partial charge in [-0.3, -0.25) is 9.59 Å². The maximum atomic E-state index is 13.0.